The first-order valence-corrected chi connectivity index (χ1v) is 7.86. The Kier molecular flexibility index (Phi) is 7.85. The lowest BCUT2D eigenvalue weighted by molar-refractivity contribution is 0.0952. The molecule has 100 valence electrons. The summed E-state index contributed by atoms with van der Waals surface area (Å²) in [6.45, 7) is 0.940. The molecular weight excluding hydrogens is 409 g/mol. The highest BCUT2D eigenvalue weighted by molar-refractivity contribution is 14.1. The van der Waals surface area contributed by atoms with E-state index in [1.54, 1.807) is 0 Å². The minimum Gasteiger partial charge on any atom is -0.396 e. The van der Waals surface area contributed by atoms with Crippen LogP contribution in [-0.4, -0.2) is 24.2 Å². The van der Waals surface area contributed by atoms with E-state index >= 15 is 0 Å². The van der Waals surface area contributed by atoms with E-state index in [0.717, 1.165) is 33.7 Å². The van der Waals surface area contributed by atoms with Crippen LogP contribution < -0.4 is 5.32 Å². The lowest BCUT2D eigenvalue weighted by Gasteiger charge is -2.07. The van der Waals surface area contributed by atoms with Crippen molar-refractivity contribution in [3.63, 3.8) is 0 Å². The summed E-state index contributed by atoms with van der Waals surface area (Å²) in [5.74, 6) is -0.0251. The summed E-state index contributed by atoms with van der Waals surface area (Å²) < 4.78 is 1.87. The van der Waals surface area contributed by atoms with Crippen molar-refractivity contribution in [1.29, 1.82) is 0 Å². The van der Waals surface area contributed by atoms with Crippen LogP contribution in [-0.2, 0) is 0 Å². The van der Waals surface area contributed by atoms with Crippen LogP contribution in [0.15, 0.2) is 22.7 Å². The van der Waals surface area contributed by atoms with Gasteiger partial charge in [0.25, 0.3) is 5.91 Å². The van der Waals surface area contributed by atoms with Gasteiger partial charge in [0.2, 0.25) is 0 Å². The zero-order valence-corrected chi connectivity index (χ0v) is 13.8. The van der Waals surface area contributed by atoms with Gasteiger partial charge in [-0.05, 0) is 53.6 Å². The number of hydrogen-bond acceptors (Lipinski definition) is 2. The van der Waals surface area contributed by atoms with Crippen molar-refractivity contribution < 1.29 is 9.90 Å². The Morgan fingerprint density at radius 2 is 2.00 bits per heavy atom. The Morgan fingerprint density at radius 3 is 2.72 bits per heavy atom. The maximum atomic E-state index is 11.9. The molecule has 3 nitrogen and oxygen atoms in total. The molecule has 0 spiro atoms. The molecule has 1 amide bonds. The van der Waals surface area contributed by atoms with Gasteiger partial charge in [-0.2, -0.15) is 0 Å². The molecule has 0 bridgehead atoms. The summed E-state index contributed by atoms with van der Waals surface area (Å²) in [7, 11) is 0. The third-order valence-corrected chi connectivity index (χ3v) is 3.98. The van der Waals surface area contributed by atoms with Crippen LogP contribution in [0.4, 0.5) is 0 Å². The number of carbonyl (C=O) groups excluding carboxylic acids is 1. The monoisotopic (exact) mass is 425 g/mol. The second-order valence-corrected chi connectivity index (χ2v) is 6.10. The highest BCUT2D eigenvalue weighted by Crippen LogP contribution is 2.18. The van der Waals surface area contributed by atoms with Gasteiger partial charge in [-0.25, -0.2) is 0 Å². The molecule has 0 aliphatic carbocycles. The number of hydrogen-bond donors (Lipinski definition) is 2. The summed E-state index contributed by atoms with van der Waals surface area (Å²) >= 11 is 5.53. The molecule has 0 aliphatic heterocycles. The topological polar surface area (TPSA) is 49.3 Å². The molecule has 1 aromatic rings. The van der Waals surface area contributed by atoms with Gasteiger partial charge in [-0.3, -0.25) is 4.79 Å². The van der Waals surface area contributed by atoms with Crippen LogP contribution in [0.1, 0.15) is 36.0 Å². The van der Waals surface area contributed by atoms with Crippen molar-refractivity contribution in [1.82, 2.24) is 5.32 Å². The molecule has 0 unspecified atom stereocenters. The number of benzene rings is 1. The highest BCUT2D eigenvalue weighted by Gasteiger charge is 2.09. The molecule has 0 saturated carbocycles. The van der Waals surface area contributed by atoms with Crippen molar-refractivity contribution in [2.45, 2.75) is 25.7 Å². The fourth-order valence-electron chi connectivity index (χ4n) is 1.56. The maximum absolute atomic E-state index is 11.9. The second kappa shape index (κ2) is 8.87. The second-order valence-electron chi connectivity index (χ2n) is 4.02. The molecule has 0 fully saturated rings. The molecule has 1 aromatic carbocycles. The van der Waals surface area contributed by atoms with E-state index in [4.69, 9.17) is 5.11 Å². The fraction of sp³-hybridized carbons (Fsp3) is 0.462. The van der Waals surface area contributed by atoms with Crippen LogP contribution in [0.3, 0.4) is 0 Å². The van der Waals surface area contributed by atoms with Gasteiger partial charge in [0, 0.05) is 21.2 Å². The number of aliphatic hydroxyl groups excluding tert-OH is 1. The molecule has 0 aliphatic rings. The Balaban J connectivity index is 2.34. The Hall–Kier alpha value is -0.140. The van der Waals surface area contributed by atoms with Gasteiger partial charge in [0.1, 0.15) is 0 Å². The van der Waals surface area contributed by atoms with E-state index < -0.39 is 0 Å². The Labute approximate surface area is 130 Å². The van der Waals surface area contributed by atoms with Crippen molar-refractivity contribution >= 4 is 44.4 Å². The minimum atomic E-state index is -0.0251. The third-order valence-electron chi connectivity index (χ3n) is 2.54. The van der Waals surface area contributed by atoms with Crippen molar-refractivity contribution in [2.24, 2.45) is 0 Å². The molecule has 0 saturated heterocycles. The van der Waals surface area contributed by atoms with Crippen LogP contribution in [0.5, 0.6) is 0 Å². The van der Waals surface area contributed by atoms with E-state index in [2.05, 4.69) is 43.8 Å². The standard InChI is InChI=1S/C13H17BrINO2/c14-10-5-6-12(15)11(9-10)13(18)16-7-3-1-2-4-8-17/h5-6,9,17H,1-4,7-8H2,(H,16,18). The number of aliphatic hydroxyl groups is 1. The zero-order chi connectivity index (χ0) is 13.4. The third kappa shape index (κ3) is 5.67. The van der Waals surface area contributed by atoms with Gasteiger partial charge >= 0.3 is 0 Å². The van der Waals surface area contributed by atoms with Crippen molar-refractivity contribution in [3.05, 3.63) is 31.8 Å². The number of amides is 1. The van der Waals surface area contributed by atoms with Gasteiger partial charge < -0.3 is 10.4 Å². The molecule has 5 heteroatoms. The lowest BCUT2D eigenvalue weighted by Crippen LogP contribution is -2.25. The number of rotatable bonds is 7. The molecular formula is C13H17BrINO2. The zero-order valence-electron chi connectivity index (χ0n) is 10.1. The summed E-state index contributed by atoms with van der Waals surface area (Å²) in [4.78, 5) is 11.9. The predicted octanol–water partition coefficient (Wildman–Crippen LogP) is 3.34. The van der Waals surface area contributed by atoms with E-state index in [0.29, 0.717) is 12.1 Å². The lowest BCUT2D eigenvalue weighted by atomic mass is 10.2. The van der Waals surface area contributed by atoms with Crippen molar-refractivity contribution in [2.75, 3.05) is 13.2 Å². The largest absolute Gasteiger partial charge is 0.396 e. The highest BCUT2D eigenvalue weighted by atomic mass is 127. The summed E-state index contributed by atoms with van der Waals surface area (Å²) in [5.41, 5.74) is 0.709. The van der Waals surface area contributed by atoms with Gasteiger partial charge in [-0.1, -0.05) is 28.8 Å². The SMILES string of the molecule is O=C(NCCCCCCO)c1cc(Br)ccc1I. The number of carbonyl (C=O) groups is 1. The normalized spacial score (nSPS) is 10.4. The summed E-state index contributed by atoms with van der Waals surface area (Å²) in [6.07, 6.45) is 3.85. The fourth-order valence-corrected chi connectivity index (χ4v) is 2.50. The Bertz CT molecular complexity index is 399. The number of halogens is 2. The summed E-state index contributed by atoms with van der Waals surface area (Å²) in [5, 5.41) is 11.6. The van der Waals surface area contributed by atoms with E-state index in [9.17, 15) is 4.79 Å². The van der Waals surface area contributed by atoms with Crippen molar-refractivity contribution in [3.8, 4) is 0 Å². The van der Waals surface area contributed by atoms with E-state index in [1.165, 1.54) is 0 Å². The first-order chi connectivity index (χ1) is 8.65. The first kappa shape index (κ1) is 15.9. The molecule has 0 atom stereocenters. The smallest absolute Gasteiger partial charge is 0.252 e. The molecule has 1 rings (SSSR count). The number of nitrogens with one attached hydrogen (secondary N) is 1. The quantitative estimate of drug-likeness (QED) is 0.520. The average molecular weight is 426 g/mol. The molecule has 0 radical (unpaired) electrons. The van der Waals surface area contributed by atoms with Crippen LogP contribution in [0.25, 0.3) is 0 Å². The maximum Gasteiger partial charge on any atom is 0.252 e. The van der Waals surface area contributed by atoms with Gasteiger partial charge in [0.05, 0.1) is 5.56 Å². The molecule has 18 heavy (non-hydrogen) atoms. The van der Waals surface area contributed by atoms with Crippen LogP contribution in [0, 0.1) is 3.57 Å². The average Bonchev–Trinajstić information content (AvgIpc) is 2.36. The van der Waals surface area contributed by atoms with E-state index in [-0.39, 0.29) is 12.5 Å². The molecule has 0 aromatic heterocycles. The minimum absolute atomic E-state index is 0.0251. The Morgan fingerprint density at radius 1 is 1.28 bits per heavy atom. The molecule has 2 N–H and O–H groups in total. The van der Waals surface area contributed by atoms with E-state index in [1.807, 2.05) is 18.2 Å². The molecule has 0 heterocycles. The summed E-state index contributed by atoms with van der Waals surface area (Å²) in [6, 6.07) is 5.68. The van der Waals surface area contributed by atoms with Crippen LogP contribution >= 0.6 is 38.5 Å². The van der Waals surface area contributed by atoms with Crippen LogP contribution in [0.2, 0.25) is 0 Å². The van der Waals surface area contributed by atoms with Gasteiger partial charge in [0.15, 0.2) is 0 Å². The van der Waals surface area contributed by atoms with Gasteiger partial charge in [-0.15, -0.1) is 0 Å². The first-order valence-electron chi connectivity index (χ1n) is 5.99. The number of unbranched alkanes of at least 4 members (excludes halogenated alkanes) is 3. The predicted molar refractivity (Wildman–Crippen MR) is 84.7 cm³/mol.